The van der Waals surface area contributed by atoms with E-state index < -0.39 is 0 Å². The molecule has 3 heterocycles. The van der Waals surface area contributed by atoms with Crippen molar-refractivity contribution in [1.82, 2.24) is 14.9 Å². The second kappa shape index (κ2) is 7.71. The molecule has 8 heteroatoms. The summed E-state index contributed by atoms with van der Waals surface area (Å²) in [4.78, 5) is 34.5. The number of fused-ring (bicyclic) bond motifs is 1. The Labute approximate surface area is 145 Å². The summed E-state index contributed by atoms with van der Waals surface area (Å²) < 4.78 is 5.10. The van der Waals surface area contributed by atoms with E-state index in [1.165, 1.54) is 6.20 Å². The van der Waals surface area contributed by atoms with E-state index in [1.54, 1.807) is 24.3 Å². The van der Waals surface area contributed by atoms with E-state index in [9.17, 15) is 9.59 Å². The zero-order valence-corrected chi connectivity index (χ0v) is 13.9. The molecule has 0 aromatic carbocycles. The molecule has 2 aromatic heterocycles. The van der Waals surface area contributed by atoms with Gasteiger partial charge >= 0.3 is 0 Å². The fourth-order valence-electron chi connectivity index (χ4n) is 2.50. The predicted molar refractivity (Wildman–Crippen MR) is 92.2 cm³/mol. The minimum Gasteiger partial charge on any atom is -0.383 e. The highest BCUT2D eigenvalue weighted by atomic mass is 16.5. The van der Waals surface area contributed by atoms with Crippen molar-refractivity contribution in [3.8, 4) is 0 Å². The van der Waals surface area contributed by atoms with Gasteiger partial charge in [-0.15, -0.1) is 0 Å². The lowest BCUT2D eigenvalue weighted by molar-refractivity contribution is -0.114. The molecular formula is C17H19N5O3. The highest BCUT2D eigenvalue weighted by Gasteiger charge is 2.21. The van der Waals surface area contributed by atoms with Crippen molar-refractivity contribution >= 4 is 23.3 Å². The Morgan fingerprint density at radius 2 is 2.24 bits per heavy atom. The number of carbonyl (C=O) groups is 2. The van der Waals surface area contributed by atoms with E-state index in [1.807, 2.05) is 18.2 Å². The molecular weight excluding hydrogens is 322 g/mol. The Balaban J connectivity index is 1.81. The molecule has 25 heavy (non-hydrogen) atoms. The van der Waals surface area contributed by atoms with Crippen LogP contribution in [-0.2, 0) is 16.1 Å². The highest BCUT2D eigenvalue weighted by Crippen LogP contribution is 2.23. The number of rotatable bonds is 6. The van der Waals surface area contributed by atoms with Crippen LogP contribution < -0.4 is 10.6 Å². The first-order valence-electron chi connectivity index (χ1n) is 7.89. The van der Waals surface area contributed by atoms with Crippen LogP contribution >= 0.6 is 0 Å². The summed E-state index contributed by atoms with van der Waals surface area (Å²) in [5.41, 5.74) is 1.69. The van der Waals surface area contributed by atoms with Crippen molar-refractivity contribution in [3.63, 3.8) is 0 Å². The van der Waals surface area contributed by atoms with Crippen molar-refractivity contribution in [3.05, 3.63) is 47.9 Å². The normalized spacial score (nSPS) is 12.8. The number of nitrogens with one attached hydrogen (secondary N) is 2. The van der Waals surface area contributed by atoms with Crippen LogP contribution in [-0.4, -0.2) is 53.5 Å². The van der Waals surface area contributed by atoms with Crippen molar-refractivity contribution < 1.29 is 14.3 Å². The largest absolute Gasteiger partial charge is 0.383 e. The van der Waals surface area contributed by atoms with Crippen molar-refractivity contribution in [2.45, 2.75) is 6.54 Å². The molecule has 2 amide bonds. The maximum Gasteiger partial charge on any atom is 0.255 e. The molecule has 0 saturated carbocycles. The lowest BCUT2D eigenvalue weighted by atomic mass is 10.2. The predicted octanol–water partition coefficient (Wildman–Crippen LogP) is 1.13. The van der Waals surface area contributed by atoms with Gasteiger partial charge in [-0.05, 0) is 18.2 Å². The fraction of sp³-hybridized carbons (Fsp3) is 0.294. The summed E-state index contributed by atoms with van der Waals surface area (Å²) in [7, 11) is 1.59. The molecule has 2 aromatic rings. The third-order valence-corrected chi connectivity index (χ3v) is 3.76. The molecule has 0 saturated heterocycles. The third-order valence-electron chi connectivity index (χ3n) is 3.76. The van der Waals surface area contributed by atoms with E-state index in [0.29, 0.717) is 36.8 Å². The number of anilines is 2. The first kappa shape index (κ1) is 16.8. The average molecular weight is 341 g/mol. The van der Waals surface area contributed by atoms with Gasteiger partial charge in [-0.25, -0.2) is 4.98 Å². The van der Waals surface area contributed by atoms with Gasteiger partial charge in [0, 0.05) is 26.0 Å². The molecule has 8 nitrogen and oxygen atoms in total. The van der Waals surface area contributed by atoms with Crippen LogP contribution in [0.15, 0.2) is 36.7 Å². The number of ether oxygens (including phenoxy) is 1. The standard InChI is InChI=1S/C17H19N5O3/c1-25-7-6-22(11-13-4-2-3-5-18-13)17(24)12-8-14-16(19-9-12)20-10-15(23)21-14/h2-5,8-9H,6-7,10-11H2,1H3,(H,19,20)(H,21,23). The SMILES string of the molecule is COCCN(Cc1ccccn1)C(=O)c1cnc2c(c1)NC(=O)CN2. The maximum absolute atomic E-state index is 12.9. The maximum atomic E-state index is 12.9. The Bertz CT molecular complexity index is 766. The summed E-state index contributed by atoms with van der Waals surface area (Å²) in [5, 5.41) is 5.62. The number of methoxy groups -OCH3 is 1. The van der Waals surface area contributed by atoms with E-state index in [2.05, 4.69) is 20.6 Å². The first-order valence-corrected chi connectivity index (χ1v) is 7.89. The smallest absolute Gasteiger partial charge is 0.255 e. The zero-order valence-electron chi connectivity index (χ0n) is 13.9. The van der Waals surface area contributed by atoms with E-state index in [0.717, 1.165) is 5.69 Å². The second-order valence-corrected chi connectivity index (χ2v) is 5.56. The molecule has 1 aliphatic rings. The Kier molecular flexibility index (Phi) is 5.20. The van der Waals surface area contributed by atoms with Crippen LogP contribution in [0, 0.1) is 0 Å². The van der Waals surface area contributed by atoms with Gasteiger partial charge in [-0.1, -0.05) is 6.07 Å². The van der Waals surface area contributed by atoms with Crippen molar-refractivity contribution in [2.24, 2.45) is 0 Å². The minimum atomic E-state index is -0.196. The Hall–Kier alpha value is -3.00. The van der Waals surface area contributed by atoms with Crippen LogP contribution in [0.2, 0.25) is 0 Å². The summed E-state index contributed by atoms with van der Waals surface area (Å²) in [5.74, 6) is 0.200. The van der Waals surface area contributed by atoms with E-state index in [-0.39, 0.29) is 18.4 Å². The quantitative estimate of drug-likeness (QED) is 0.818. The molecule has 0 bridgehead atoms. The fourth-order valence-corrected chi connectivity index (χ4v) is 2.50. The first-order chi connectivity index (χ1) is 12.2. The van der Waals surface area contributed by atoms with Crippen LogP contribution in [0.1, 0.15) is 16.1 Å². The molecule has 0 atom stereocenters. The molecule has 0 spiro atoms. The average Bonchev–Trinajstić information content (AvgIpc) is 2.64. The topological polar surface area (TPSA) is 96.4 Å². The van der Waals surface area contributed by atoms with E-state index >= 15 is 0 Å². The van der Waals surface area contributed by atoms with Crippen LogP contribution in [0.25, 0.3) is 0 Å². The van der Waals surface area contributed by atoms with Gasteiger partial charge in [0.25, 0.3) is 5.91 Å². The van der Waals surface area contributed by atoms with Crippen molar-refractivity contribution in [2.75, 3.05) is 37.4 Å². The van der Waals surface area contributed by atoms with Gasteiger partial charge in [-0.3, -0.25) is 14.6 Å². The number of hydrogen-bond acceptors (Lipinski definition) is 6. The number of aromatic nitrogens is 2. The molecule has 1 aliphatic heterocycles. The summed E-state index contributed by atoms with van der Waals surface area (Å²) in [6.07, 6.45) is 3.19. The van der Waals surface area contributed by atoms with Crippen molar-refractivity contribution in [1.29, 1.82) is 0 Å². The minimum absolute atomic E-state index is 0.163. The van der Waals surface area contributed by atoms with Gasteiger partial charge in [0.15, 0.2) is 0 Å². The van der Waals surface area contributed by atoms with Gasteiger partial charge in [-0.2, -0.15) is 0 Å². The lowest BCUT2D eigenvalue weighted by Gasteiger charge is -2.23. The number of hydrogen-bond donors (Lipinski definition) is 2. The molecule has 0 fully saturated rings. The van der Waals surface area contributed by atoms with Gasteiger partial charge in [0.1, 0.15) is 5.82 Å². The Morgan fingerprint density at radius 3 is 3.00 bits per heavy atom. The summed E-state index contributed by atoms with van der Waals surface area (Å²) in [6.45, 7) is 1.38. The second-order valence-electron chi connectivity index (χ2n) is 5.56. The van der Waals surface area contributed by atoms with Gasteiger partial charge < -0.3 is 20.3 Å². The number of pyridine rings is 2. The van der Waals surface area contributed by atoms with E-state index in [4.69, 9.17) is 4.74 Å². The third kappa shape index (κ3) is 4.10. The van der Waals surface area contributed by atoms with Crippen LogP contribution in [0.4, 0.5) is 11.5 Å². The van der Waals surface area contributed by atoms with Crippen LogP contribution in [0.3, 0.4) is 0 Å². The summed E-state index contributed by atoms with van der Waals surface area (Å²) in [6, 6.07) is 7.20. The van der Waals surface area contributed by atoms with Gasteiger partial charge in [0.05, 0.1) is 36.6 Å². The number of nitrogens with zero attached hydrogens (tertiary/aromatic N) is 3. The van der Waals surface area contributed by atoms with Crippen LogP contribution in [0.5, 0.6) is 0 Å². The molecule has 3 rings (SSSR count). The molecule has 0 radical (unpaired) electrons. The summed E-state index contributed by atoms with van der Waals surface area (Å²) >= 11 is 0. The number of amides is 2. The number of carbonyl (C=O) groups excluding carboxylic acids is 2. The Morgan fingerprint density at radius 1 is 1.36 bits per heavy atom. The molecule has 2 N–H and O–H groups in total. The van der Waals surface area contributed by atoms with Gasteiger partial charge in [0.2, 0.25) is 5.91 Å². The molecule has 130 valence electrons. The lowest BCUT2D eigenvalue weighted by Crippen LogP contribution is -2.34. The zero-order chi connectivity index (χ0) is 17.6. The molecule has 0 aliphatic carbocycles. The highest BCUT2D eigenvalue weighted by molar-refractivity contribution is 6.02. The molecule has 0 unspecified atom stereocenters. The monoisotopic (exact) mass is 341 g/mol.